The van der Waals surface area contributed by atoms with Crippen LogP contribution in [0.1, 0.15) is 22.7 Å². The largest absolute Gasteiger partial charge is 0.507 e. The van der Waals surface area contributed by atoms with Crippen LogP contribution >= 0.6 is 0 Å². The number of aliphatic hydroxyl groups is 1. The molecule has 0 aliphatic carbocycles. The third kappa shape index (κ3) is 4.01. The minimum atomic E-state index is -0.877. The van der Waals surface area contributed by atoms with Gasteiger partial charge in [0.1, 0.15) is 11.5 Å². The van der Waals surface area contributed by atoms with E-state index in [2.05, 4.69) is 0 Å². The number of hydrogen-bond donors (Lipinski definition) is 1. The van der Waals surface area contributed by atoms with E-state index in [1.807, 2.05) is 6.92 Å². The molecule has 1 heterocycles. The molecule has 1 fully saturated rings. The number of likely N-dealkylation sites (tertiary alicyclic amines) is 1. The maximum atomic E-state index is 13.1. The Morgan fingerprint density at radius 3 is 2.31 bits per heavy atom. The van der Waals surface area contributed by atoms with Crippen LogP contribution in [0.4, 0.5) is 0 Å². The summed E-state index contributed by atoms with van der Waals surface area (Å²) in [6, 6.07) is 9.37. The predicted molar refractivity (Wildman–Crippen MR) is 118 cm³/mol. The highest BCUT2D eigenvalue weighted by Crippen LogP contribution is 2.45. The van der Waals surface area contributed by atoms with Crippen LogP contribution in [0.3, 0.4) is 0 Å². The molecule has 170 valence electrons. The van der Waals surface area contributed by atoms with Crippen LogP contribution in [0.25, 0.3) is 5.76 Å². The van der Waals surface area contributed by atoms with E-state index in [9.17, 15) is 14.7 Å². The van der Waals surface area contributed by atoms with Crippen LogP contribution in [0, 0.1) is 6.92 Å². The van der Waals surface area contributed by atoms with Gasteiger partial charge in [0.2, 0.25) is 0 Å². The maximum Gasteiger partial charge on any atom is 0.295 e. The number of ketones is 1. The van der Waals surface area contributed by atoms with E-state index >= 15 is 0 Å². The van der Waals surface area contributed by atoms with Crippen LogP contribution in [0.2, 0.25) is 0 Å². The number of benzene rings is 2. The van der Waals surface area contributed by atoms with Gasteiger partial charge in [-0.3, -0.25) is 9.59 Å². The van der Waals surface area contributed by atoms with Crippen molar-refractivity contribution in [3.05, 3.63) is 58.7 Å². The summed E-state index contributed by atoms with van der Waals surface area (Å²) >= 11 is 0. The molecule has 1 atom stereocenters. The van der Waals surface area contributed by atoms with Crippen molar-refractivity contribution in [2.24, 2.45) is 0 Å². The average Bonchev–Trinajstić information content (AvgIpc) is 3.06. The van der Waals surface area contributed by atoms with E-state index < -0.39 is 17.7 Å². The monoisotopic (exact) mass is 441 g/mol. The second-order valence-corrected chi connectivity index (χ2v) is 7.25. The van der Waals surface area contributed by atoms with Crippen molar-refractivity contribution in [1.29, 1.82) is 0 Å². The molecule has 8 heteroatoms. The van der Waals surface area contributed by atoms with Gasteiger partial charge >= 0.3 is 0 Å². The molecule has 2 aromatic carbocycles. The molecule has 0 radical (unpaired) electrons. The van der Waals surface area contributed by atoms with E-state index in [1.165, 1.54) is 26.2 Å². The van der Waals surface area contributed by atoms with Crippen molar-refractivity contribution >= 4 is 17.4 Å². The van der Waals surface area contributed by atoms with Crippen molar-refractivity contribution in [3.8, 4) is 17.2 Å². The summed E-state index contributed by atoms with van der Waals surface area (Å²) in [5, 5.41) is 11.2. The molecule has 1 aliphatic heterocycles. The van der Waals surface area contributed by atoms with Gasteiger partial charge in [-0.1, -0.05) is 12.1 Å². The minimum absolute atomic E-state index is 0.0257. The van der Waals surface area contributed by atoms with Crippen LogP contribution in [0.15, 0.2) is 42.0 Å². The number of carbonyl (C=O) groups is 2. The molecule has 8 nitrogen and oxygen atoms in total. The number of Topliss-reactive ketones (excluding diaryl/α,β-unsaturated/α-hetero) is 1. The van der Waals surface area contributed by atoms with Crippen molar-refractivity contribution in [2.75, 3.05) is 41.6 Å². The smallest absolute Gasteiger partial charge is 0.295 e. The summed E-state index contributed by atoms with van der Waals surface area (Å²) in [4.78, 5) is 27.4. The van der Waals surface area contributed by atoms with Gasteiger partial charge in [-0.05, 0) is 36.8 Å². The van der Waals surface area contributed by atoms with Gasteiger partial charge in [-0.2, -0.15) is 0 Å². The van der Waals surface area contributed by atoms with Gasteiger partial charge in [0.15, 0.2) is 11.5 Å². The zero-order valence-corrected chi connectivity index (χ0v) is 18.8. The topological polar surface area (TPSA) is 94.5 Å². The Morgan fingerprint density at radius 1 is 1.00 bits per heavy atom. The minimum Gasteiger partial charge on any atom is -0.507 e. The van der Waals surface area contributed by atoms with E-state index in [0.29, 0.717) is 28.4 Å². The third-order valence-corrected chi connectivity index (χ3v) is 5.47. The lowest BCUT2D eigenvalue weighted by Gasteiger charge is -2.27. The van der Waals surface area contributed by atoms with E-state index in [1.54, 1.807) is 43.5 Å². The normalized spacial score (nSPS) is 17.5. The molecule has 0 aromatic heterocycles. The summed E-state index contributed by atoms with van der Waals surface area (Å²) in [5.41, 5.74) is 1.68. The molecule has 1 N–H and O–H groups in total. The van der Waals surface area contributed by atoms with Crippen LogP contribution in [-0.4, -0.2) is 63.3 Å². The first-order chi connectivity index (χ1) is 15.4. The van der Waals surface area contributed by atoms with E-state index in [-0.39, 0.29) is 24.5 Å². The standard InChI is InChI=1S/C24H27NO7/c1-14-13-15(9-10-17(14)30-3)21(26)19-20(25(11-12-29-2)24(28)22(19)27)16-7-6-8-18(31-4)23(16)32-5/h6-10,13,20,26H,11-12H2,1-5H3/b21-19+. The Hall–Kier alpha value is -3.52. The van der Waals surface area contributed by atoms with Gasteiger partial charge in [-0.25, -0.2) is 0 Å². The highest BCUT2D eigenvalue weighted by atomic mass is 16.5. The molecule has 3 rings (SSSR count). The number of aryl methyl sites for hydroxylation is 1. The van der Waals surface area contributed by atoms with Crippen LogP contribution in [0.5, 0.6) is 17.2 Å². The van der Waals surface area contributed by atoms with Crippen molar-refractivity contribution in [1.82, 2.24) is 4.90 Å². The Kier molecular flexibility index (Phi) is 7.05. The van der Waals surface area contributed by atoms with Crippen molar-refractivity contribution < 1.29 is 33.6 Å². The molecule has 32 heavy (non-hydrogen) atoms. The molecule has 0 bridgehead atoms. The Balaban J connectivity index is 2.25. The lowest BCUT2D eigenvalue weighted by atomic mass is 9.94. The maximum absolute atomic E-state index is 13.1. The molecule has 0 spiro atoms. The fourth-order valence-electron chi connectivity index (χ4n) is 3.93. The zero-order valence-electron chi connectivity index (χ0n) is 18.8. The molecular weight excluding hydrogens is 414 g/mol. The molecular formula is C24H27NO7. The summed E-state index contributed by atoms with van der Waals surface area (Å²) in [5.74, 6) is -0.300. The summed E-state index contributed by atoms with van der Waals surface area (Å²) in [6.07, 6.45) is 0. The number of methoxy groups -OCH3 is 4. The van der Waals surface area contributed by atoms with Gasteiger partial charge in [0.05, 0.1) is 39.6 Å². The van der Waals surface area contributed by atoms with E-state index in [4.69, 9.17) is 18.9 Å². The molecule has 0 saturated carbocycles. The Bertz CT molecular complexity index is 1060. The van der Waals surface area contributed by atoms with E-state index in [0.717, 1.165) is 5.56 Å². The number of aliphatic hydroxyl groups excluding tert-OH is 1. The zero-order chi connectivity index (χ0) is 23.4. The third-order valence-electron chi connectivity index (χ3n) is 5.47. The molecule has 2 aromatic rings. The second-order valence-electron chi connectivity index (χ2n) is 7.25. The van der Waals surface area contributed by atoms with Gasteiger partial charge in [-0.15, -0.1) is 0 Å². The van der Waals surface area contributed by atoms with Crippen LogP contribution < -0.4 is 14.2 Å². The fourth-order valence-corrected chi connectivity index (χ4v) is 3.93. The van der Waals surface area contributed by atoms with Crippen molar-refractivity contribution in [3.63, 3.8) is 0 Å². The number of carbonyl (C=O) groups excluding carboxylic acids is 2. The first-order valence-corrected chi connectivity index (χ1v) is 10.0. The quantitative estimate of drug-likeness (QED) is 0.382. The lowest BCUT2D eigenvalue weighted by molar-refractivity contribution is -0.140. The number of rotatable bonds is 8. The van der Waals surface area contributed by atoms with Gasteiger partial charge < -0.3 is 29.0 Å². The highest BCUT2D eigenvalue weighted by Gasteiger charge is 2.47. The molecule has 1 unspecified atom stereocenters. The van der Waals surface area contributed by atoms with Gasteiger partial charge in [0.25, 0.3) is 11.7 Å². The fraction of sp³-hybridized carbons (Fsp3) is 0.333. The SMILES string of the molecule is COCCN1C(=O)C(=O)/C(=C(/O)c2ccc(OC)c(C)c2)C1c1cccc(OC)c1OC. The molecule has 1 aliphatic rings. The highest BCUT2D eigenvalue weighted by molar-refractivity contribution is 6.46. The predicted octanol–water partition coefficient (Wildman–Crippen LogP) is 3.09. The number of nitrogens with zero attached hydrogens (tertiary/aromatic N) is 1. The Labute approximate surface area is 187 Å². The molecule has 1 saturated heterocycles. The van der Waals surface area contributed by atoms with Crippen LogP contribution in [-0.2, 0) is 14.3 Å². The number of para-hydroxylation sites is 1. The number of ether oxygens (including phenoxy) is 4. The lowest BCUT2D eigenvalue weighted by Crippen LogP contribution is -2.32. The first kappa shape index (κ1) is 23.1. The Morgan fingerprint density at radius 2 is 1.72 bits per heavy atom. The first-order valence-electron chi connectivity index (χ1n) is 10.0. The average molecular weight is 441 g/mol. The summed E-state index contributed by atoms with van der Waals surface area (Å²) in [7, 11) is 6.05. The second kappa shape index (κ2) is 9.74. The number of hydrogen-bond acceptors (Lipinski definition) is 7. The summed E-state index contributed by atoms with van der Waals surface area (Å²) in [6.45, 7) is 2.21. The van der Waals surface area contributed by atoms with Gasteiger partial charge in [0, 0.05) is 24.8 Å². The van der Waals surface area contributed by atoms with Crippen molar-refractivity contribution in [2.45, 2.75) is 13.0 Å². The summed E-state index contributed by atoms with van der Waals surface area (Å²) < 4.78 is 21.4. The number of amides is 1. The molecule has 1 amide bonds.